The van der Waals surface area contributed by atoms with Crippen LogP contribution >= 0.6 is 28.9 Å². The Labute approximate surface area is 162 Å². The van der Waals surface area contributed by atoms with Crippen LogP contribution in [0.3, 0.4) is 0 Å². The van der Waals surface area contributed by atoms with Crippen molar-refractivity contribution in [1.82, 2.24) is 0 Å². The minimum atomic E-state index is -0.104. The van der Waals surface area contributed by atoms with Gasteiger partial charge in [0.05, 0.1) is 24.3 Å². The van der Waals surface area contributed by atoms with E-state index in [1.165, 1.54) is 9.41 Å². The molecular formula is C18H22IN3O2S. The van der Waals surface area contributed by atoms with Gasteiger partial charge in [-0.25, -0.2) is 4.99 Å². The summed E-state index contributed by atoms with van der Waals surface area (Å²) in [6.07, 6.45) is 0. The Morgan fingerprint density at radius 2 is 1.56 bits per heavy atom. The number of nitrogens with zero attached hydrogens (tertiary/aromatic N) is 3. The zero-order chi connectivity index (χ0) is 18.0. The normalized spacial score (nSPS) is 15.2. The summed E-state index contributed by atoms with van der Waals surface area (Å²) in [5.74, 6) is 0. The lowest BCUT2D eigenvalue weighted by Gasteiger charge is -2.21. The third-order valence-corrected chi connectivity index (χ3v) is 8.54. The fourth-order valence-corrected chi connectivity index (χ4v) is 6.16. The molecule has 1 heterocycles. The first-order valence-corrected chi connectivity index (χ1v) is 11.9. The molecule has 0 radical (unpaired) electrons. The van der Waals surface area contributed by atoms with Gasteiger partial charge < -0.3 is 20.0 Å². The van der Waals surface area contributed by atoms with Crippen molar-refractivity contribution in [2.75, 3.05) is 50.2 Å². The smallest absolute Gasteiger partial charge is 0.0777 e. The molecule has 0 aliphatic carbocycles. The van der Waals surface area contributed by atoms with Gasteiger partial charge in [-0.2, -0.15) is 0 Å². The summed E-state index contributed by atoms with van der Waals surface area (Å²) in [5, 5.41) is 19.3. The van der Waals surface area contributed by atoms with Crippen molar-refractivity contribution in [2.24, 2.45) is 4.99 Å². The number of likely N-dealkylation sites (N-methyl/N-ethyl adjacent to an activating group) is 2. The van der Waals surface area contributed by atoms with E-state index in [9.17, 15) is 0 Å². The van der Waals surface area contributed by atoms with Crippen LogP contribution in [0.4, 0.5) is 17.1 Å². The predicted octanol–water partition coefficient (Wildman–Crippen LogP) is 2.74. The highest BCUT2D eigenvalue weighted by molar-refractivity contribution is 14.2. The van der Waals surface area contributed by atoms with Gasteiger partial charge in [-0.1, -0.05) is 7.66 Å². The molecule has 0 spiro atoms. The summed E-state index contributed by atoms with van der Waals surface area (Å²) in [5.41, 5.74) is 3.20. The van der Waals surface area contributed by atoms with Crippen molar-refractivity contribution >= 4 is 45.9 Å². The Morgan fingerprint density at radius 3 is 2.20 bits per heavy atom. The molecule has 0 fully saturated rings. The molecule has 0 saturated carbocycles. The van der Waals surface area contributed by atoms with Gasteiger partial charge in [-0.05, 0) is 57.6 Å². The second-order valence-corrected chi connectivity index (χ2v) is 10.00. The average Bonchev–Trinajstić information content (AvgIpc) is 2.62. The molecule has 0 bridgehead atoms. The number of benzene rings is 2. The Morgan fingerprint density at radius 1 is 0.960 bits per heavy atom. The van der Waals surface area contributed by atoms with Crippen LogP contribution in [-0.2, 0) is 0 Å². The van der Waals surface area contributed by atoms with Gasteiger partial charge >= 0.3 is 0 Å². The first-order chi connectivity index (χ1) is 12.0. The second-order valence-electron chi connectivity index (χ2n) is 5.96. The number of hydrogen-bond acceptors (Lipinski definition) is 5. The van der Waals surface area contributed by atoms with Crippen LogP contribution in [0.25, 0.3) is 0 Å². The largest absolute Gasteiger partial charge is 0.395 e. The van der Waals surface area contributed by atoms with E-state index in [-0.39, 0.29) is 20.9 Å². The molecule has 2 N–H and O–H groups in total. The molecule has 3 rings (SSSR count). The van der Waals surface area contributed by atoms with E-state index in [2.05, 4.69) is 67.4 Å². The van der Waals surface area contributed by atoms with Gasteiger partial charge in [0.15, 0.2) is 0 Å². The van der Waals surface area contributed by atoms with Crippen molar-refractivity contribution in [3.05, 3.63) is 46.3 Å². The summed E-state index contributed by atoms with van der Waals surface area (Å²) in [4.78, 5) is 10.1. The molecule has 2 aromatic rings. The molecular weight excluding hydrogens is 449 g/mol. The number of halogens is 1. The van der Waals surface area contributed by atoms with Crippen LogP contribution in [0.1, 0.15) is 0 Å². The molecule has 0 saturated heterocycles. The summed E-state index contributed by atoms with van der Waals surface area (Å²) in [6, 6.07) is 12.6. The molecule has 0 amide bonds. The van der Waals surface area contributed by atoms with Crippen molar-refractivity contribution in [3.8, 4) is 0 Å². The van der Waals surface area contributed by atoms with Crippen molar-refractivity contribution < 1.29 is 10.2 Å². The monoisotopic (exact) mass is 471 g/mol. The molecule has 134 valence electrons. The first-order valence-electron chi connectivity index (χ1n) is 8.09. The molecule has 1 aliphatic rings. The molecule has 1 unspecified atom stereocenters. The third kappa shape index (κ3) is 3.84. The molecule has 7 heteroatoms. The second kappa shape index (κ2) is 8.03. The average molecular weight is 471 g/mol. The van der Waals surface area contributed by atoms with E-state index in [1.54, 1.807) is 0 Å². The number of aliphatic hydroxyl groups is 2. The molecule has 0 aromatic heterocycles. The highest BCUT2D eigenvalue weighted by Gasteiger charge is 2.14. The first kappa shape index (κ1) is 18.6. The van der Waals surface area contributed by atoms with Gasteiger partial charge in [0.1, 0.15) is 0 Å². The van der Waals surface area contributed by atoms with Gasteiger partial charge in [0.25, 0.3) is 0 Å². The topological polar surface area (TPSA) is 59.3 Å². The van der Waals surface area contributed by atoms with E-state index in [1.807, 2.05) is 14.1 Å². The fraction of sp³-hybridized carbons (Fsp3) is 0.333. The van der Waals surface area contributed by atoms with Crippen LogP contribution in [0.15, 0.2) is 46.3 Å². The number of aliphatic hydroxyl groups excluding tert-OH is 2. The van der Waals surface area contributed by atoms with E-state index in [0.717, 1.165) is 22.4 Å². The van der Waals surface area contributed by atoms with Crippen LogP contribution in [-0.4, -0.2) is 50.6 Å². The molecule has 1 atom stereocenters. The van der Waals surface area contributed by atoms with Crippen molar-refractivity contribution in [3.63, 3.8) is 0 Å². The highest BCUT2D eigenvalue weighted by Crippen LogP contribution is 2.46. The van der Waals surface area contributed by atoms with E-state index in [0.29, 0.717) is 13.1 Å². The van der Waals surface area contributed by atoms with E-state index in [4.69, 9.17) is 15.2 Å². The summed E-state index contributed by atoms with van der Waals surface area (Å²) >= 11 is 2.49. The third-order valence-electron chi connectivity index (χ3n) is 4.27. The summed E-state index contributed by atoms with van der Waals surface area (Å²) in [7, 11) is 3.87. The zero-order valence-corrected chi connectivity index (χ0v) is 17.3. The maximum absolute atomic E-state index is 9.16. The number of rotatable bonds is 6. The van der Waals surface area contributed by atoms with Gasteiger partial charge in [-0.15, -0.1) is 0 Å². The molecule has 25 heavy (non-hydrogen) atoms. The van der Waals surface area contributed by atoms with Crippen molar-refractivity contribution in [2.45, 2.75) is 4.90 Å². The van der Waals surface area contributed by atoms with E-state index >= 15 is 0 Å². The van der Waals surface area contributed by atoms with Crippen LogP contribution in [0.2, 0.25) is 0 Å². The molecule has 2 aromatic carbocycles. The van der Waals surface area contributed by atoms with Gasteiger partial charge in [0, 0.05) is 48.0 Å². The number of anilines is 2. The Bertz CT molecular complexity index is 904. The maximum atomic E-state index is 9.16. The Balaban J connectivity index is 2.08. The van der Waals surface area contributed by atoms with Gasteiger partial charge in [-0.3, -0.25) is 0 Å². The fourth-order valence-electron chi connectivity index (χ4n) is 2.76. The van der Waals surface area contributed by atoms with E-state index < -0.39 is 0 Å². The molecule has 5 nitrogen and oxygen atoms in total. The predicted molar refractivity (Wildman–Crippen MR) is 113 cm³/mol. The van der Waals surface area contributed by atoms with Crippen LogP contribution in [0.5, 0.6) is 0 Å². The maximum Gasteiger partial charge on any atom is 0.0777 e. The lowest BCUT2D eigenvalue weighted by atomic mass is 10.2. The van der Waals surface area contributed by atoms with Crippen LogP contribution in [0, 0.1) is 4.51 Å². The number of fused-ring (bicyclic) bond motifs is 2. The number of hydrogen-bond donors (Lipinski definition) is 2. The Hall–Kier alpha value is -1.16. The quantitative estimate of drug-likeness (QED) is 0.503. The highest BCUT2D eigenvalue weighted by atomic mass is 127. The SMILES string of the molecule is CN(CCO)c1ccc2c(c1)S(I)=c1cc(N(C)CCO)ccc1=N2. The summed E-state index contributed by atoms with van der Waals surface area (Å²) in [6.45, 7) is 1.49. The van der Waals surface area contributed by atoms with Gasteiger partial charge in [0.2, 0.25) is 0 Å². The lowest BCUT2D eigenvalue weighted by molar-refractivity contribution is 0.304. The summed E-state index contributed by atoms with van der Waals surface area (Å²) < 4.78 is 1.22. The Kier molecular flexibility index (Phi) is 5.98. The lowest BCUT2D eigenvalue weighted by Crippen LogP contribution is -2.22. The standard InChI is InChI=1S/C18H22IN3O2S/c1-21(7-9-23)13-3-5-15-17(11-13)25(19)18-12-14(22(2)8-10-24)4-6-16(18)20-15/h3-6,11-12,23-24H,7-10H2,1-2H3. The zero-order valence-electron chi connectivity index (χ0n) is 14.3. The minimum Gasteiger partial charge on any atom is -0.395 e. The van der Waals surface area contributed by atoms with Crippen molar-refractivity contribution in [1.29, 1.82) is 0 Å². The minimum absolute atomic E-state index is 0.104. The van der Waals surface area contributed by atoms with Crippen LogP contribution < -0.4 is 15.2 Å². The molecule has 1 aliphatic heterocycles.